The Morgan fingerprint density at radius 2 is 0.633 bits per heavy atom. The molecule has 0 fully saturated rings. The van der Waals surface area contributed by atoms with Crippen LogP contribution in [0.15, 0.2) is 158 Å². The van der Waals surface area contributed by atoms with Gasteiger partial charge in [-0.3, -0.25) is 14.2 Å². The molecule has 0 radical (unpaired) electrons. The summed E-state index contributed by atoms with van der Waals surface area (Å²) in [6, 6.07) is 0. The second kappa shape index (κ2) is 69.0. The van der Waals surface area contributed by atoms with E-state index in [1.54, 1.807) is 0 Å². The van der Waals surface area contributed by atoms with E-state index < -0.39 is 32.5 Å². The molecule has 2 unspecified atom stereocenters. The normalized spacial score (nSPS) is 14.1. The Balaban J connectivity index is 4.18. The van der Waals surface area contributed by atoms with Gasteiger partial charge in [0.2, 0.25) is 0 Å². The van der Waals surface area contributed by atoms with E-state index in [2.05, 4.69) is 172 Å². The Labute approximate surface area is 554 Å². The fourth-order valence-electron chi connectivity index (χ4n) is 9.52. The first-order valence-corrected chi connectivity index (χ1v) is 37.7. The third-order valence-electron chi connectivity index (χ3n) is 15.0. The number of ether oxygens (including phenoxy) is 2. The van der Waals surface area contributed by atoms with E-state index in [4.69, 9.17) is 18.5 Å². The molecule has 9 nitrogen and oxygen atoms in total. The third kappa shape index (κ3) is 72.7. The number of carbonyl (C=O) groups excluding carboxylic acids is 2. The average molecular weight is 1270 g/mol. The van der Waals surface area contributed by atoms with Crippen molar-refractivity contribution < 1.29 is 42.1 Å². The highest BCUT2D eigenvalue weighted by atomic mass is 31.2. The molecule has 0 heterocycles. The van der Waals surface area contributed by atoms with E-state index in [9.17, 15) is 19.0 Å². The number of phosphoric acid groups is 1. The summed E-state index contributed by atoms with van der Waals surface area (Å²) in [4.78, 5) is 38.1. The zero-order valence-electron chi connectivity index (χ0n) is 58.3. The lowest BCUT2D eigenvalue weighted by atomic mass is 10.0. The maximum absolute atomic E-state index is 12.9. The molecule has 0 bridgehead atoms. The zero-order chi connectivity index (χ0) is 65.5. The average Bonchev–Trinajstić information content (AvgIpc) is 3.58. The van der Waals surface area contributed by atoms with Crippen LogP contribution in [0.4, 0.5) is 0 Å². The lowest BCUT2D eigenvalue weighted by molar-refractivity contribution is -0.870. The Morgan fingerprint density at radius 3 is 0.978 bits per heavy atom. The number of likely N-dealkylation sites (N-methyl/N-ethyl adjacent to an activating group) is 1. The molecule has 0 aromatic rings. The highest BCUT2D eigenvalue weighted by Crippen LogP contribution is 2.38. The van der Waals surface area contributed by atoms with Crippen molar-refractivity contribution in [2.24, 2.45) is 0 Å². The lowest BCUT2D eigenvalue weighted by Crippen LogP contribution is -2.37. The number of hydrogen-bond acceptors (Lipinski definition) is 8. The van der Waals surface area contributed by atoms with E-state index in [-0.39, 0.29) is 26.1 Å². The van der Waals surface area contributed by atoms with Crippen molar-refractivity contribution in [3.05, 3.63) is 158 Å². The Bertz CT molecular complexity index is 2080. The van der Waals surface area contributed by atoms with Crippen LogP contribution < -0.4 is 4.89 Å². The van der Waals surface area contributed by atoms with Gasteiger partial charge < -0.3 is 27.9 Å². The minimum absolute atomic E-state index is 0.0467. The Morgan fingerprint density at radius 1 is 0.356 bits per heavy atom. The van der Waals surface area contributed by atoms with Gasteiger partial charge in [-0.25, -0.2) is 0 Å². The van der Waals surface area contributed by atoms with Crippen molar-refractivity contribution in [1.29, 1.82) is 0 Å². The number of phosphoric ester groups is 1. The van der Waals surface area contributed by atoms with Gasteiger partial charge in [0.05, 0.1) is 27.7 Å². The molecule has 90 heavy (non-hydrogen) atoms. The largest absolute Gasteiger partial charge is 0.756 e. The van der Waals surface area contributed by atoms with Crippen LogP contribution in [0.3, 0.4) is 0 Å². The molecule has 0 aliphatic rings. The van der Waals surface area contributed by atoms with Crippen LogP contribution in [-0.4, -0.2) is 70.0 Å². The fraction of sp³-hybridized carbons (Fsp3) is 0.650. The summed E-state index contributed by atoms with van der Waals surface area (Å²) in [6.45, 7) is 4.08. The molecule has 0 aromatic heterocycles. The van der Waals surface area contributed by atoms with Crippen molar-refractivity contribution in [3.63, 3.8) is 0 Å². The summed E-state index contributed by atoms with van der Waals surface area (Å²) in [5, 5.41) is 0. The highest BCUT2D eigenvalue weighted by molar-refractivity contribution is 7.45. The second-order valence-electron chi connectivity index (χ2n) is 24.9. The number of allylic oxidation sites excluding steroid dienone is 26. The predicted molar refractivity (Wildman–Crippen MR) is 387 cm³/mol. The maximum Gasteiger partial charge on any atom is 0.306 e. The van der Waals surface area contributed by atoms with E-state index in [1.165, 1.54) is 141 Å². The summed E-state index contributed by atoms with van der Waals surface area (Å²) in [6.07, 6.45) is 103. The van der Waals surface area contributed by atoms with Crippen LogP contribution in [0.5, 0.6) is 0 Å². The van der Waals surface area contributed by atoms with Gasteiger partial charge in [-0.15, -0.1) is 0 Å². The van der Waals surface area contributed by atoms with Crippen molar-refractivity contribution in [2.45, 2.75) is 290 Å². The van der Waals surface area contributed by atoms with Crippen molar-refractivity contribution >= 4 is 19.8 Å². The molecule has 0 aliphatic carbocycles. The summed E-state index contributed by atoms with van der Waals surface area (Å²) in [7, 11) is 1.12. The first kappa shape index (κ1) is 85.6. The van der Waals surface area contributed by atoms with Crippen LogP contribution in [0.25, 0.3) is 0 Å². The highest BCUT2D eigenvalue weighted by Gasteiger charge is 2.22. The molecule has 0 aromatic carbocycles. The topological polar surface area (TPSA) is 111 Å². The molecular formula is C80H134NO8P. The van der Waals surface area contributed by atoms with Gasteiger partial charge in [0.15, 0.2) is 6.10 Å². The number of unbranched alkanes of at least 4 members (excludes halogenated alkanes) is 25. The number of esters is 2. The summed E-state index contributed by atoms with van der Waals surface area (Å²) in [5.41, 5.74) is 0. The van der Waals surface area contributed by atoms with Gasteiger partial charge in [-0.1, -0.05) is 300 Å². The number of hydrogen-bond donors (Lipinski definition) is 0. The molecule has 0 rings (SSSR count). The molecule has 10 heteroatoms. The molecule has 0 aliphatic heterocycles. The molecule has 0 spiro atoms. The molecular weight excluding hydrogens is 1130 g/mol. The molecule has 0 saturated heterocycles. The number of rotatable bonds is 65. The van der Waals surface area contributed by atoms with E-state index >= 15 is 0 Å². The van der Waals surface area contributed by atoms with Crippen LogP contribution in [0.2, 0.25) is 0 Å². The predicted octanol–water partition coefficient (Wildman–Crippen LogP) is 23.3. The summed E-state index contributed by atoms with van der Waals surface area (Å²) < 4.78 is 34.2. The van der Waals surface area contributed by atoms with Gasteiger partial charge in [0.25, 0.3) is 7.82 Å². The van der Waals surface area contributed by atoms with Crippen LogP contribution in [-0.2, 0) is 32.7 Å². The van der Waals surface area contributed by atoms with Gasteiger partial charge in [-0.2, -0.15) is 0 Å². The fourth-order valence-corrected chi connectivity index (χ4v) is 10.2. The first-order valence-electron chi connectivity index (χ1n) is 36.2. The SMILES string of the molecule is CC/C=C\C/C=C\C/C=C\C/C=C\C/C=C\C/C=C\C/C=C\C/C=C\C/C=C\C/C=C\C/C=C\C/C=C\CCCCC(=O)OC(COC(=O)CCCCCCCCCCCCCCCCC/C=C\CCCCCCCCCC)COP(=O)([O-])OCC[N+](C)(C)C. The third-order valence-corrected chi connectivity index (χ3v) is 16.0. The molecule has 0 saturated carbocycles. The Hall–Kier alpha value is -4.37. The first-order chi connectivity index (χ1) is 44.0. The second-order valence-corrected chi connectivity index (χ2v) is 26.3. The molecule has 0 N–H and O–H groups in total. The van der Waals surface area contributed by atoms with Crippen LogP contribution in [0.1, 0.15) is 284 Å². The number of nitrogens with zero attached hydrogens (tertiary/aromatic N) is 1. The van der Waals surface area contributed by atoms with Gasteiger partial charge in [0, 0.05) is 12.8 Å². The van der Waals surface area contributed by atoms with Gasteiger partial charge >= 0.3 is 11.9 Å². The number of carbonyl (C=O) groups is 2. The van der Waals surface area contributed by atoms with Crippen molar-refractivity contribution in [3.8, 4) is 0 Å². The molecule has 512 valence electrons. The standard InChI is InChI=1S/C80H134NO8P/c1-6-8-10-12-14-16-18-20-22-24-26-28-30-32-34-35-36-37-38-39-40-41-42-43-44-45-47-49-51-53-55-57-59-61-63-65-67-69-71-73-80(83)89-78(77-88-90(84,85)87-75-74-81(3,4)5)76-86-79(82)72-70-68-66-64-62-60-58-56-54-52-50-48-46-33-31-29-27-25-23-21-19-17-15-13-11-9-7-2/h8,10,14,16,20,22,25-28,32,34,36-37,39-40,42-43,45,47,51,53,57,59,63,65,78H,6-7,9,11-13,15,17-19,21,23-24,29-31,33,35,38,41,44,46,48-50,52,54-56,58,60-62,64,66-77H2,1-5H3/b10-8-,16-14-,22-20-,27-25-,28-26-,34-32-,37-36-,40-39-,43-42-,47-45-,53-51-,59-57-,65-63-. The quantitative estimate of drug-likeness (QED) is 0.0195. The van der Waals surface area contributed by atoms with E-state index in [0.717, 1.165) is 109 Å². The summed E-state index contributed by atoms with van der Waals surface area (Å²) in [5.74, 6) is -0.888. The molecule has 0 amide bonds. The number of quaternary nitrogens is 1. The minimum Gasteiger partial charge on any atom is -0.756 e. The smallest absolute Gasteiger partial charge is 0.306 e. The minimum atomic E-state index is -4.67. The monoisotopic (exact) mass is 1270 g/mol. The zero-order valence-corrected chi connectivity index (χ0v) is 59.2. The van der Waals surface area contributed by atoms with Gasteiger partial charge in [0.1, 0.15) is 19.8 Å². The molecule has 2 atom stereocenters. The van der Waals surface area contributed by atoms with Gasteiger partial charge in [-0.05, 0) is 128 Å². The van der Waals surface area contributed by atoms with Crippen molar-refractivity contribution in [2.75, 3.05) is 47.5 Å². The van der Waals surface area contributed by atoms with Crippen LogP contribution in [0, 0.1) is 0 Å². The van der Waals surface area contributed by atoms with Crippen LogP contribution >= 0.6 is 7.82 Å². The maximum atomic E-state index is 12.9. The van der Waals surface area contributed by atoms with E-state index in [0.29, 0.717) is 17.4 Å². The van der Waals surface area contributed by atoms with Crippen molar-refractivity contribution in [1.82, 2.24) is 0 Å². The summed E-state index contributed by atoms with van der Waals surface area (Å²) >= 11 is 0. The Kier molecular flexibility index (Phi) is 65.6. The lowest BCUT2D eigenvalue weighted by Gasteiger charge is -2.28. The van der Waals surface area contributed by atoms with E-state index in [1.807, 2.05) is 21.1 Å².